The molecule has 26 heavy (non-hydrogen) atoms. The molecule has 0 saturated carbocycles. The van der Waals surface area contributed by atoms with Crippen LogP contribution in [0.3, 0.4) is 0 Å². The first-order chi connectivity index (χ1) is 12.4. The molecule has 3 nitrogen and oxygen atoms in total. The van der Waals surface area contributed by atoms with Gasteiger partial charge in [0.15, 0.2) is 0 Å². The van der Waals surface area contributed by atoms with E-state index in [1.54, 1.807) is 16.8 Å². The summed E-state index contributed by atoms with van der Waals surface area (Å²) in [6.45, 7) is 2.61. The van der Waals surface area contributed by atoms with Crippen LogP contribution >= 0.6 is 11.6 Å². The summed E-state index contributed by atoms with van der Waals surface area (Å²) in [5.41, 5.74) is 2.94. The fourth-order valence-corrected chi connectivity index (χ4v) is 3.42. The lowest BCUT2D eigenvalue weighted by Gasteiger charge is -2.10. The Morgan fingerprint density at radius 1 is 1.15 bits per heavy atom. The van der Waals surface area contributed by atoms with Crippen LogP contribution in [0.2, 0.25) is 5.02 Å². The number of halogens is 4. The lowest BCUT2D eigenvalue weighted by Crippen LogP contribution is -2.06. The minimum atomic E-state index is -4.39. The average molecular weight is 378 g/mol. The molecule has 4 rings (SSSR count). The van der Waals surface area contributed by atoms with Crippen LogP contribution in [0.5, 0.6) is 0 Å². The second-order valence-electron chi connectivity index (χ2n) is 6.23. The summed E-state index contributed by atoms with van der Waals surface area (Å²) in [7, 11) is 0. The van der Waals surface area contributed by atoms with Crippen LogP contribution in [-0.4, -0.2) is 16.3 Å². The monoisotopic (exact) mass is 377 g/mol. The van der Waals surface area contributed by atoms with E-state index in [1.807, 2.05) is 19.1 Å². The summed E-state index contributed by atoms with van der Waals surface area (Å²) in [6, 6.07) is 10.8. The van der Waals surface area contributed by atoms with E-state index in [0.29, 0.717) is 22.7 Å². The maximum Gasteiger partial charge on any atom is 0.416 e. The zero-order chi connectivity index (χ0) is 18.5. The second kappa shape index (κ2) is 6.06. The molecule has 0 saturated heterocycles. The standard InChI is InChI=1S/C19H15ClF3N3/c1-11-15(20)6-3-7-16(11)26-18-14(8-9-24-18)17(25-26)12-4-2-5-13(10-12)19(21,22)23/h2-7,10,24H,8-9H2,1H3. The number of alkyl halides is 3. The first kappa shape index (κ1) is 17.0. The Hall–Kier alpha value is -2.47. The van der Waals surface area contributed by atoms with Crippen molar-refractivity contribution in [2.75, 3.05) is 11.9 Å². The zero-order valence-electron chi connectivity index (χ0n) is 13.9. The fourth-order valence-electron chi connectivity index (χ4n) is 3.25. The molecule has 1 aliphatic heterocycles. The van der Waals surface area contributed by atoms with Crippen molar-refractivity contribution in [3.8, 4) is 16.9 Å². The fraction of sp³-hybridized carbons (Fsp3) is 0.211. The molecule has 0 unspecified atom stereocenters. The number of nitrogens with one attached hydrogen (secondary N) is 1. The highest BCUT2D eigenvalue weighted by molar-refractivity contribution is 6.31. The highest BCUT2D eigenvalue weighted by atomic mass is 35.5. The highest BCUT2D eigenvalue weighted by Crippen LogP contribution is 2.38. The minimum Gasteiger partial charge on any atom is -0.369 e. The Labute approximate surface area is 153 Å². The van der Waals surface area contributed by atoms with Crippen LogP contribution in [0, 0.1) is 6.92 Å². The smallest absolute Gasteiger partial charge is 0.369 e. The van der Waals surface area contributed by atoms with E-state index in [2.05, 4.69) is 10.4 Å². The van der Waals surface area contributed by atoms with Crippen molar-refractivity contribution in [1.29, 1.82) is 0 Å². The van der Waals surface area contributed by atoms with Gasteiger partial charge >= 0.3 is 6.18 Å². The molecule has 2 aromatic carbocycles. The molecule has 1 aromatic heterocycles. The molecule has 2 heterocycles. The highest BCUT2D eigenvalue weighted by Gasteiger charge is 2.31. The SMILES string of the molecule is Cc1c(Cl)cccc1-n1nc(-c2cccc(C(F)(F)F)c2)c2c1NCC2. The molecule has 1 N–H and O–H groups in total. The second-order valence-corrected chi connectivity index (χ2v) is 6.63. The maximum atomic E-state index is 13.1. The Morgan fingerprint density at radius 3 is 2.69 bits per heavy atom. The Balaban J connectivity index is 1.89. The predicted octanol–water partition coefficient (Wildman–Crippen LogP) is 5.49. The molecule has 0 aliphatic carbocycles. The van der Waals surface area contributed by atoms with Crippen molar-refractivity contribution in [1.82, 2.24) is 9.78 Å². The van der Waals surface area contributed by atoms with Gasteiger partial charge in [0.1, 0.15) is 5.82 Å². The lowest BCUT2D eigenvalue weighted by molar-refractivity contribution is -0.137. The van der Waals surface area contributed by atoms with Crippen LogP contribution in [-0.2, 0) is 12.6 Å². The number of anilines is 1. The van der Waals surface area contributed by atoms with Crippen LogP contribution in [0.25, 0.3) is 16.9 Å². The van der Waals surface area contributed by atoms with Crippen LogP contribution in [0.15, 0.2) is 42.5 Å². The maximum absolute atomic E-state index is 13.1. The van der Waals surface area contributed by atoms with Gasteiger partial charge in [-0.1, -0.05) is 29.8 Å². The van der Waals surface area contributed by atoms with Crippen LogP contribution in [0.1, 0.15) is 16.7 Å². The van der Waals surface area contributed by atoms with Gasteiger partial charge in [0, 0.05) is 22.7 Å². The van der Waals surface area contributed by atoms with Gasteiger partial charge < -0.3 is 5.32 Å². The normalized spacial score (nSPS) is 13.6. The molecule has 134 valence electrons. The molecule has 0 spiro atoms. The molecule has 0 fully saturated rings. The first-order valence-electron chi connectivity index (χ1n) is 8.15. The molecular weight excluding hydrogens is 363 g/mol. The van der Waals surface area contributed by atoms with Crippen LogP contribution < -0.4 is 5.32 Å². The van der Waals surface area contributed by atoms with Gasteiger partial charge in [-0.15, -0.1) is 0 Å². The van der Waals surface area contributed by atoms with E-state index >= 15 is 0 Å². The number of nitrogens with zero attached hydrogens (tertiary/aromatic N) is 2. The lowest BCUT2D eigenvalue weighted by atomic mass is 10.0. The summed E-state index contributed by atoms with van der Waals surface area (Å²) in [5.74, 6) is 0.808. The van der Waals surface area contributed by atoms with Gasteiger partial charge in [0.25, 0.3) is 0 Å². The Kier molecular flexibility index (Phi) is 3.95. The van der Waals surface area contributed by atoms with Gasteiger partial charge in [-0.2, -0.15) is 18.3 Å². The van der Waals surface area contributed by atoms with Gasteiger partial charge in [0.2, 0.25) is 0 Å². The topological polar surface area (TPSA) is 29.9 Å². The Morgan fingerprint density at radius 2 is 1.92 bits per heavy atom. The molecule has 7 heteroatoms. The summed E-state index contributed by atoms with van der Waals surface area (Å²) in [4.78, 5) is 0. The molecule has 3 aromatic rings. The number of hydrogen-bond donors (Lipinski definition) is 1. The summed E-state index contributed by atoms with van der Waals surface area (Å²) < 4.78 is 41.0. The summed E-state index contributed by atoms with van der Waals surface area (Å²) in [5, 5.41) is 8.53. The van der Waals surface area contributed by atoms with Gasteiger partial charge in [-0.3, -0.25) is 0 Å². The third-order valence-electron chi connectivity index (χ3n) is 4.58. The Bertz CT molecular complexity index is 992. The zero-order valence-corrected chi connectivity index (χ0v) is 14.6. The van der Waals surface area contributed by atoms with Crippen molar-refractivity contribution in [2.24, 2.45) is 0 Å². The molecule has 0 atom stereocenters. The van der Waals surface area contributed by atoms with Crippen LogP contribution in [0.4, 0.5) is 19.0 Å². The minimum absolute atomic E-state index is 0.457. The number of hydrogen-bond acceptors (Lipinski definition) is 2. The van der Waals surface area contributed by atoms with Gasteiger partial charge in [-0.05, 0) is 43.2 Å². The molecule has 0 amide bonds. The van der Waals surface area contributed by atoms with Gasteiger partial charge in [-0.25, -0.2) is 4.68 Å². The van der Waals surface area contributed by atoms with Crippen molar-refractivity contribution in [3.63, 3.8) is 0 Å². The molecule has 0 bridgehead atoms. The van der Waals surface area contributed by atoms with Crippen molar-refractivity contribution >= 4 is 17.4 Å². The molecule has 1 aliphatic rings. The van der Waals surface area contributed by atoms with E-state index in [-0.39, 0.29) is 0 Å². The van der Waals surface area contributed by atoms with E-state index in [1.165, 1.54) is 6.07 Å². The third kappa shape index (κ3) is 2.74. The van der Waals surface area contributed by atoms with E-state index in [9.17, 15) is 13.2 Å². The molecular formula is C19H15ClF3N3. The number of rotatable bonds is 2. The van der Waals surface area contributed by atoms with E-state index in [0.717, 1.165) is 41.3 Å². The van der Waals surface area contributed by atoms with Gasteiger partial charge in [0.05, 0.1) is 16.9 Å². The number of fused-ring (bicyclic) bond motifs is 1. The van der Waals surface area contributed by atoms with Crippen molar-refractivity contribution < 1.29 is 13.2 Å². The van der Waals surface area contributed by atoms with Crippen molar-refractivity contribution in [3.05, 3.63) is 64.2 Å². The first-order valence-corrected chi connectivity index (χ1v) is 8.53. The average Bonchev–Trinajstić information content (AvgIpc) is 3.19. The summed E-state index contributed by atoms with van der Waals surface area (Å²) in [6.07, 6.45) is -3.68. The molecule has 0 radical (unpaired) electrons. The predicted molar refractivity (Wildman–Crippen MR) is 95.9 cm³/mol. The third-order valence-corrected chi connectivity index (χ3v) is 4.99. The summed E-state index contributed by atoms with van der Waals surface area (Å²) >= 11 is 6.22. The number of aromatic nitrogens is 2. The van der Waals surface area contributed by atoms with E-state index in [4.69, 9.17) is 11.6 Å². The quantitative estimate of drug-likeness (QED) is 0.640. The van der Waals surface area contributed by atoms with Crippen molar-refractivity contribution in [2.45, 2.75) is 19.5 Å². The largest absolute Gasteiger partial charge is 0.416 e. The number of benzene rings is 2. The van der Waals surface area contributed by atoms with E-state index < -0.39 is 11.7 Å².